The molecule has 0 bridgehead atoms. The third kappa shape index (κ3) is 1.45. The van der Waals surface area contributed by atoms with E-state index in [2.05, 4.69) is 5.32 Å². The molecule has 3 unspecified atom stereocenters. The Hall–Kier alpha value is -0.220. The van der Waals surface area contributed by atoms with E-state index in [4.69, 9.17) is 5.11 Å². The smallest absolute Gasteiger partial charge is 0.306 e. The molecule has 1 heterocycles. The lowest BCUT2D eigenvalue weighted by atomic mass is 9.86. The molecular weight excluding hydrogens is 174 g/mol. The molecule has 2 rings (SSSR count). The topological polar surface area (TPSA) is 49.3 Å². The number of rotatable bonds is 1. The molecule has 1 aliphatic heterocycles. The Balaban J connectivity index is 1.96. The van der Waals surface area contributed by atoms with E-state index >= 15 is 0 Å². The highest BCUT2D eigenvalue weighted by molar-refractivity contribution is 8.00. The fraction of sp³-hybridized carbons (Fsp3) is 0.875. The third-order valence-corrected chi connectivity index (χ3v) is 4.07. The predicted octanol–water partition coefficient (Wildman–Crippen LogP) is 0.902. The van der Waals surface area contributed by atoms with E-state index in [0.717, 1.165) is 25.1 Å². The molecule has 3 nitrogen and oxygen atoms in total. The minimum absolute atomic E-state index is 0.0846. The van der Waals surface area contributed by atoms with Gasteiger partial charge in [-0.1, -0.05) is 0 Å². The van der Waals surface area contributed by atoms with Crippen molar-refractivity contribution in [1.82, 2.24) is 5.32 Å². The summed E-state index contributed by atoms with van der Waals surface area (Å²) in [5.74, 6) is 0.307. The van der Waals surface area contributed by atoms with Crippen molar-refractivity contribution < 1.29 is 9.90 Å². The van der Waals surface area contributed by atoms with Gasteiger partial charge in [0.15, 0.2) is 0 Å². The largest absolute Gasteiger partial charge is 0.481 e. The van der Waals surface area contributed by atoms with E-state index in [0.29, 0.717) is 11.3 Å². The monoisotopic (exact) mass is 187 g/mol. The molecule has 0 amide bonds. The lowest BCUT2D eigenvalue weighted by molar-refractivity contribution is -0.142. The molecule has 2 fully saturated rings. The number of hydrogen-bond donors (Lipinski definition) is 2. The maximum atomic E-state index is 10.7. The zero-order chi connectivity index (χ0) is 8.55. The Morgan fingerprint density at radius 3 is 3.08 bits per heavy atom. The van der Waals surface area contributed by atoms with Crippen LogP contribution in [0.15, 0.2) is 0 Å². The maximum Gasteiger partial charge on any atom is 0.306 e. The Labute approximate surface area is 75.9 Å². The lowest BCUT2D eigenvalue weighted by Gasteiger charge is -2.28. The number of thioether (sulfide) groups is 1. The molecule has 68 valence electrons. The van der Waals surface area contributed by atoms with E-state index < -0.39 is 5.97 Å². The Kier molecular flexibility index (Phi) is 2.28. The van der Waals surface area contributed by atoms with Crippen molar-refractivity contribution in [2.75, 3.05) is 5.88 Å². The fourth-order valence-corrected chi connectivity index (χ4v) is 3.39. The second kappa shape index (κ2) is 3.26. The molecule has 1 saturated carbocycles. The van der Waals surface area contributed by atoms with Crippen LogP contribution in [0.5, 0.6) is 0 Å². The summed E-state index contributed by atoms with van der Waals surface area (Å²) < 4.78 is 0. The van der Waals surface area contributed by atoms with Crippen molar-refractivity contribution in [2.45, 2.75) is 30.6 Å². The summed E-state index contributed by atoms with van der Waals surface area (Å²) >= 11 is 1.87. The van der Waals surface area contributed by atoms with Gasteiger partial charge in [-0.2, -0.15) is 0 Å². The Morgan fingerprint density at radius 2 is 2.33 bits per heavy atom. The first-order valence-corrected chi connectivity index (χ1v) is 5.40. The highest BCUT2D eigenvalue weighted by atomic mass is 32.2. The van der Waals surface area contributed by atoms with E-state index in [-0.39, 0.29) is 5.92 Å². The number of fused-ring (bicyclic) bond motifs is 1. The summed E-state index contributed by atoms with van der Waals surface area (Å²) in [5.41, 5.74) is 0. The number of carbonyl (C=O) groups is 1. The van der Waals surface area contributed by atoms with Crippen molar-refractivity contribution in [3.05, 3.63) is 0 Å². The van der Waals surface area contributed by atoms with Gasteiger partial charge in [0.2, 0.25) is 0 Å². The standard InChI is InChI=1S/C8H13NO2S/c10-8(11)5-1-2-6-7(3-5)12-4-9-6/h5-7,9H,1-4H2,(H,10,11). The van der Waals surface area contributed by atoms with Gasteiger partial charge in [0, 0.05) is 17.2 Å². The molecule has 0 aromatic heterocycles. The normalized spacial score (nSPS) is 40.8. The molecule has 0 spiro atoms. The van der Waals surface area contributed by atoms with Gasteiger partial charge in [0.05, 0.1) is 5.92 Å². The average molecular weight is 187 g/mol. The lowest BCUT2D eigenvalue weighted by Crippen LogP contribution is -2.37. The minimum atomic E-state index is -0.610. The van der Waals surface area contributed by atoms with Crippen LogP contribution < -0.4 is 5.32 Å². The Morgan fingerprint density at radius 1 is 1.50 bits per heavy atom. The van der Waals surface area contributed by atoms with E-state index in [1.807, 2.05) is 11.8 Å². The summed E-state index contributed by atoms with van der Waals surface area (Å²) in [7, 11) is 0. The minimum Gasteiger partial charge on any atom is -0.481 e. The summed E-state index contributed by atoms with van der Waals surface area (Å²) in [6.07, 6.45) is 2.75. The van der Waals surface area contributed by atoms with Crippen LogP contribution in [0.2, 0.25) is 0 Å². The molecule has 0 aromatic rings. The number of carboxylic acid groups (broad SMARTS) is 1. The van der Waals surface area contributed by atoms with Gasteiger partial charge >= 0.3 is 5.97 Å². The molecular formula is C8H13NO2S. The van der Waals surface area contributed by atoms with Gasteiger partial charge in [-0.05, 0) is 19.3 Å². The highest BCUT2D eigenvalue weighted by Gasteiger charge is 2.36. The predicted molar refractivity (Wildman–Crippen MR) is 48.1 cm³/mol. The fourth-order valence-electron chi connectivity index (χ4n) is 2.03. The van der Waals surface area contributed by atoms with Crippen molar-refractivity contribution >= 4 is 17.7 Å². The van der Waals surface area contributed by atoms with E-state index in [1.54, 1.807) is 0 Å². The molecule has 2 N–H and O–H groups in total. The molecule has 0 aromatic carbocycles. The molecule has 1 aliphatic carbocycles. The van der Waals surface area contributed by atoms with Crippen molar-refractivity contribution in [3.8, 4) is 0 Å². The van der Waals surface area contributed by atoms with Crippen LogP contribution in [-0.2, 0) is 4.79 Å². The zero-order valence-corrected chi connectivity index (χ0v) is 7.64. The van der Waals surface area contributed by atoms with Crippen LogP contribution >= 0.6 is 11.8 Å². The van der Waals surface area contributed by atoms with Crippen LogP contribution in [-0.4, -0.2) is 28.2 Å². The number of carboxylic acids is 1. The average Bonchev–Trinajstić information content (AvgIpc) is 2.49. The summed E-state index contributed by atoms with van der Waals surface area (Å²) in [4.78, 5) is 10.7. The summed E-state index contributed by atoms with van der Waals surface area (Å²) in [5, 5.41) is 12.8. The van der Waals surface area contributed by atoms with Crippen LogP contribution in [0.1, 0.15) is 19.3 Å². The number of hydrogen-bond acceptors (Lipinski definition) is 3. The number of nitrogens with one attached hydrogen (secondary N) is 1. The van der Waals surface area contributed by atoms with Crippen molar-refractivity contribution in [2.24, 2.45) is 5.92 Å². The van der Waals surface area contributed by atoms with Gasteiger partial charge in [-0.15, -0.1) is 11.8 Å². The summed E-state index contributed by atoms with van der Waals surface area (Å²) in [6, 6.07) is 0.589. The highest BCUT2D eigenvalue weighted by Crippen LogP contribution is 2.35. The van der Waals surface area contributed by atoms with E-state index in [9.17, 15) is 4.79 Å². The van der Waals surface area contributed by atoms with Crippen LogP contribution in [0.3, 0.4) is 0 Å². The molecule has 0 radical (unpaired) electrons. The van der Waals surface area contributed by atoms with E-state index in [1.165, 1.54) is 0 Å². The quantitative estimate of drug-likeness (QED) is 0.640. The molecule has 2 aliphatic rings. The molecule has 4 heteroatoms. The Bertz CT molecular complexity index is 197. The first-order valence-electron chi connectivity index (χ1n) is 4.35. The zero-order valence-electron chi connectivity index (χ0n) is 6.82. The summed E-state index contributed by atoms with van der Waals surface area (Å²) in [6.45, 7) is 0. The first-order chi connectivity index (χ1) is 5.77. The molecule has 3 atom stereocenters. The van der Waals surface area contributed by atoms with Crippen LogP contribution in [0.4, 0.5) is 0 Å². The number of aliphatic carboxylic acids is 1. The van der Waals surface area contributed by atoms with Gasteiger partial charge in [0.25, 0.3) is 0 Å². The van der Waals surface area contributed by atoms with Gasteiger partial charge in [-0.3, -0.25) is 4.79 Å². The van der Waals surface area contributed by atoms with Crippen molar-refractivity contribution in [3.63, 3.8) is 0 Å². The second-order valence-corrected chi connectivity index (χ2v) is 4.74. The molecule has 12 heavy (non-hydrogen) atoms. The first kappa shape index (κ1) is 8.38. The maximum absolute atomic E-state index is 10.7. The van der Waals surface area contributed by atoms with Crippen molar-refractivity contribution in [1.29, 1.82) is 0 Å². The third-order valence-electron chi connectivity index (χ3n) is 2.78. The van der Waals surface area contributed by atoms with Gasteiger partial charge in [0.1, 0.15) is 0 Å². The van der Waals surface area contributed by atoms with Gasteiger partial charge in [-0.25, -0.2) is 0 Å². The van der Waals surface area contributed by atoms with Crippen LogP contribution in [0.25, 0.3) is 0 Å². The second-order valence-electron chi connectivity index (χ2n) is 3.51. The molecule has 1 saturated heterocycles. The van der Waals surface area contributed by atoms with Gasteiger partial charge < -0.3 is 10.4 Å². The van der Waals surface area contributed by atoms with Crippen LogP contribution in [0, 0.1) is 5.92 Å². The SMILES string of the molecule is O=C(O)C1CCC2NCSC2C1.